The molecule has 5 nitrogen and oxygen atoms in total. The molecule has 2 N–H and O–H groups in total. The maximum absolute atomic E-state index is 8.93. The molecule has 0 saturated carbocycles. The molecule has 0 amide bonds. The number of nitrogens with two attached hydrogens (primary N) is 1. The molecule has 0 atom stereocenters. The quantitative estimate of drug-likeness (QED) is 0.847. The Hall–Kier alpha value is -2.48. The summed E-state index contributed by atoms with van der Waals surface area (Å²) in [5.74, 6) is 1.41. The third-order valence-corrected chi connectivity index (χ3v) is 2.50. The summed E-state index contributed by atoms with van der Waals surface area (Å²) in [4.78, 5) is 4.18. The fourth-order valence-electron chi connectivity index (χ4n) is 1.66. The molecule has 5 heteroatoms. The Bertz CT molecular complexity index is 617. The van der Waals surface area contributed by atoms with Crippen molar-refractivity contribution >= 4 is 16.7 Å². The van der Waals surface area contributed by atoms with Gasteiger partial charge in [0.25, 0.3) is 0 Å². The van der Waals surface area contributed by atoms with E-state index in [1.807, 2.05) is 6.07 Å². The zero-order valence-corrected chi connectivity index (χ0v) is 9.52. The molecular formula is C12H11N3O2. The van der Waals surface area contributed by atoms with Crippen LogP contribution < -0.4 is 15.2 Å². The van der Waals surface area contributed by atoms with E-state index in [0.29, 0.717) is 28.0 Å². The molecule has 86 valence electrons. The van der Waals surface area contributed by atoms with Crippen molar-refractivity contribution in [1.82, 2.24) is 4.98 Å². The number of nitriles is 1. The molecule has 2 aromatic rings. The molecule has 0 fully saturated rings. The number of benzene rings is 1. The van der Waals surface area contributed by atoms with Gasteiger partial charge < -0.3 is 15.2 Å². The zero-order chi connectivity index (χ0) is 12.4. The van der Waals surface area contributed by atoms with Gasteiger partial charge in [-0.3, -0.25) is 0 Å². The summed E-state index contributed by atoms with van der Waals surface area (Å²) in [5, 5.41) is 9.63. The van der Waals surface area contributed by atoms with Crippen LogP contribution in [0.4, 0.5) is 5.82 Å². The topological polar surface area (TPSA) is 81.2 Å². The molecule has 0 aliphatic rings. The number of anilines is 1. The van der Waals surface area contributed by atoms with Crippen molar-refractivity contribution in [2.45, 2.75) is 0 Å². The number of methoxy groups -OCH3 is 2. The van der Waals surface area contributed by atoms with Crippen LogP contribution in [0, 0.1) is 11.3 Å². The second kappa shape index (κ2) is 4.18. The number of rotatable bonds is 2. The highest BCUT2D eigenvalue weighted by molar-refractivity contribution is 5.92. The molecule has 0 aliphatic carbocycles. The number of ether oxygens (including phenoxy) is 2. The highest BCUT2D eigenvalue weighted by Crippen LogP contribution is 2.33. The van der Waals surface area contributed by atoms with Crippen molar-refractivity contribution in [1.29, 1.82) is 5.26 Å². The SMILES string of the molecule is COc1ccc(OC)c2nc(N)c(C#N)cc12. The summed E-state index contributed by atoms with van der Waals surface area (Å²) in [7, 11) is 3.11. The van der Waals surface area contributed by atoms with Crippen LogP contribution in [0.2, 0.25) is 0 Å². The Kier molecular flexibility index (Phi) is 2.71. The summed E-state index contributed by atoms with van der Waals surface area (Å²) < 4.78 is 10.4. The van der Waals surface area contributed by atoms with Gasteiger partial charge in [-0.15, -0.1) is 0 Å². The van der Waals surface area contributed by atoms with Crippen molar-refractivity contribution in [2.75, 3.05) is 20.0 Å². The number of aromatic nitrogens is 1. The summed E-state index contributed by atoms with van der Waals surface area (Å²) in [6.07, 6.45) is 0. The van der Waals surface area contributed by atoms with Gasteiger partial charge in [-0.05, 0) is 18.2 Å². The Balaban J connectivity index is 2.87. The maximum Gasteiger partial charge on any atom is 0.145 e. The molecule has 17 heavy (non-hydrogen) atoms. The molecule has 0 bridgehead atoms. The fourth-order valence-corrected chi connectivity index (χ4v) is 1.66. The van der Waals surface area contributed by atoms with Gasteiger partial charge in [0.2, 0.25) is 0 Å². The summed E-state index contributed by atoms with van der Waals surface area (Å²) >= 11 is 0. The maximum atomic E-state index is 8.93. The lowest BCUT2D eigenvalue weighted by Crippen LogP contribution is -1.98. The van der Waals surface area contributed by atoms with Crippen LogP contribution in [-0.4, -0.2) is 19.2 Å². The molecule has 2 rings (SSSR count). The third-order valence-electron chi connectivity index (χ3n) is 2.50. The van der Waals surface area contributed by atoms with Crippen molar-refractivity contribution in [3.8, 4) is 17.6 Å². The largest absolute Gasteiger partial charge is 0.496 e. The summed E-state index contributed by atoms with van der Waals surface area (Å²) in [5.41, 5.74) is 6.59. The second-order valence-corrected chi connectivity index (χ2v) is 3.40. The molecule has 1 aromatic heterocycles. The molecule has 0 radical (unpaired) electrons. The molecule has 0 aliphatic heterocycles. The Labute approximate surface area is 98.4 Å². The lowest BCUT2D eigenvalue weighted by Gasteiger charge is -2.10. The van der Waals surface area contributed by atoms with Crippen LogP contribution >= 0.6 is 0 Å². The van der Waals surface area contributed by atoms with Crippen LogP contribution in [0.1, 0.15) is 5.56 Å². The number of nitrogens with zero attached hydrogens (tertiary/aromatic N) is 2. The van der Waals surface area contributed by atoms with Crippen molar-refractivity contribution in [2.24, 2.45) is 0 Å². The lowest BCUT2D eigenvalue weighted by atomic mass is 10.1. The van der Waals surface area contributed by atoms with E-state index >= 15 is 0 Å². The fraction of sp³-hybridized carbons (Fsp3) is 0.167. The molecule has 1 heterocycles. The van der Waals surface area contributed by atoms with Crippen molar-refractivity contribution < 1.29 is 9.47 Å². The molecule has 1 aromatic carbocycles. The average Bonchev–Trinajstić information content (AvgIpc) is 2.36. The Morgan fingerprint density at radius 2 is 1.88 bits per heavy atom. The van der Waals surface area contributed by atoms with Crippen molar-refractivity contribution in [3.05, 3.63) is 23.8 Å². The van der Waals surface area contributed by atoms with E-state index in [0.717, 1.165) is 0 Å². The second-order valence-electron chi connectivity index (χ2n) is 3.40. The average molecular weight is 229 g/mol. The summed E-state index contributed by atoms with van der Waals surface area (Å²) in [6, 6.07) is 7.16. The predicted octanol–water partition coefficient (Wildman–Crippen LogP) is 1.71. The zero-order valence-electron chi connectivity index (χ0n) is 9.52. The van der Waals surface area contributed by atoms with E-state index in [9.17, 15) is 0 Å². The molecule has 0 spiro atoms. The first-order valence-electron chi connectivity index (χ1n) is 4.92. The normalized spacial score (nSPS) is 9.94. The first kappa shape index (κ1) is 11.0. The van der Waals surface area contributed by atoms with E-state index in [4.69, 9.17) is 20.5 Å². The van der Waals surface area contributed by atoms with E-state index < -0.39 is 0 Å². The van der Waals surface area contributed by atoms with Crippen molar-refractivity contribution in [3.63, 3.8) is 0 Å². The highest BCUT2D eigenvalue weighted by Gasteiger charge is 2.11. The third kappa shape index (κ3) is 1.70. The molecular weight excluding hydrogens is 218 g/mol. The molecule has 0 unspecified atom stereocenters. The van der Waals surface area contributed by atoms with E-state index in [-0.39, 0.29) is 5.82 Å². The number of nitrogen functional groups attached to an aromatic ring is 1. The van der Waals surface area contributed by atoms with E-state index in [1.165, 1.54) is 0 Å². The van der Waals surface area contributed by atoms with E-state index in [2.05, 4.69) is 4.98 Å². The number of hydrogen-bond donors (Lipinski definition) is 1. The first-order valence-corrected chi connectivity index (χ1v) is 4.92. The van der Waals surface area contributed by atoms with Gasteiger partial charge in [0.15, 0.2) is 0 Å². The van der Waals surface area contributed by atoms with Gasteiger partial charge >= 0.3 is 0 Å². The lowest BCUT2D eigenvalue weighted by molar-refractivity contribution is 0.410. The van der Waals surface area contributed by atoms with Crippen LogP contribution in [0.25, 0.3) is 10.9 Å². The standard InChI is InChI=1S/C12H11N3O2/c1-16-9-3-4-10(17-2)11-8(9)5-7(6-13)12(14)15-11/h3-5H,1-2H3,(H2,14,15). The molecule has 0 saturated heterocycles. The minimum absolute atomic E-state index is 0.187. The minimum Gasteiger partial charge on any atom is -0.496 e. The van der Waals surface area contributed by atoms with Crippen LogP contribution in [0.5, 0.6) is 11.5 Å². The van der Waals surface area contributed by atoms with E-state index in [1.54, 1.807) is 32.4 Å². The van der Waals surface area contributed by atoms with Gasteiger partial charge in [-0.1, -0.05) is 0 Å². The monoisotopic (exact) mass is 229 g/mol. The number of pyridine rings is 1. The van der Waals surface area contributed by atoms with Gasteiger partial charge in [0.05, 0.1) is 19.8 Å². The van der Waals surface area contributed by atoms with Gasteiger partial charge in [0.1, 0.15) is 28.9 Å². The Morgan fingerprint density at radius 1 is 1.24 bits per heavy atom. The van der Waals surface area contributed by atoms with Crippen LogP contribution in [-0.2, 0) is 0 Å². The first-order chi connectivity index (χ1) is 8.21. The van der Waals surface area contributed by atoms with Gasteiger partial charge in [-0.2, -0.15) is 5.26 Å². The van der Waals surface area contributed by atoms with Gasteiger partial charge in [-0.25, -0.2) is 4.98 Å². The van der Waals surface area contributed by atoms with Crippen LogP contribution in [0.15, 0.2) is 18.2 Å². The smallest absolute Gasteiger partial charge is 0.145 e. The highest BCUT2D eigenvalue weighted by atomic mass is 16.5. The van der Waals surface area contributed by atoms with Crippen LogP contribution in [0.3, 0.4) is 0 Å². The summed E-state index contributed by atoms with van der Waals surface area (Å²) in [6.45, 7) is 0. The number of fused-ring (bicyclic) bond motifs is 1. The Morgan fingerprint density at radius 3 is 2.47 bits per heavy atom. The predicted molar refractivity (Wildman–Crippen MR) is 64.0 cm³/mol. The van der Waals surface area contributed by atoms with Gasteiger partial charge in [0, 0.05) is 5.39 Å². The minimum atomic E-state index is 0.187. The number of hydrogen-bond acceptors (Lipinski definition) is 5.